The first-order valence-electron chi connectivity index (χ1n) is 3.97. The Morgan fingerprint density at radius 3 is 3.07 bits per heavy atom. The van der Waals surface area contributed by atoms with Crippen molar-refractivity contribution in [3.05, 3.63) is 30.0 Å². The summed E-state index contributed by atoms with van der Waals surface area (Å²) in [4.78, 5) is 14.5. The third-order valence-electron chi connectivity index (χ3n) is 1.55. The van der Waals surface area contributed by atoms with E-state index in [1.807, 2.05) is 0 Å². The SMILES string of the molecule is O=C(O)c1ccc(CSc2ncns2)o1. The number of thioether (sulfide) groups is 1. The van der Waals surface area contributed by atoms with Gasteiger partial charge in [0.2, 0.25) is 5.76 Å². The van der Waals surface area contributed by atoms with Gasteiger partial charge < -0.3 is 9.52 Å². The molecule has 0 amide bonds. The van der Waals surface area contributed by atoms with Crippen molar-refractivity contribution in [3.63, 3.8) is 0 Å². The second-order valence-electron chi connectivity index (χ2n) is 2.57. The lowest BCUT2D eigenvalue weighted by atomic mass is 10.4. The van der Waals surface area contributed by atoms with E-state index in [9.17, 15) is 4.79 Å². The average Bonchev–Trinajstić information content (AvgIpc) is 2.86. The Balaban J connectivity index is 1.96. The van der Waals surface area contributed by atoms with Crippen molar-refractivity contribution in [2.24, 2.45) is 0 Å². The quantitative estimate of drug-likeness (QED) is 0.827. The Morgan fingerprint density at radius 1 is 1.60 bits per heavy atom. The van der Waals surface area contributed by atoms with Crippen LogP contribution in [0.3, 0.4) is 0 Å². The van der Waals surface area contributed by atoms with E-state index in [2.05, 4.69) is 9.36 Å². The summed E-state index contributed by atoms with van der Waals surface area (Å²) < 4.78 is 9.77. The molecule has 5 nitrogen and oxygen atoms in total. The molecule has 0 radical (unpaired) electrons. The van der Waals surface area contributed by atoms with Crippen molar-refractivity contribution >= 4 is 29.3 Å². The van der Waals surface area contributed by atoms with Crippen LogP contribution in [0.5, 0.6) is 0 Å². The molecule has 2 aromatic heterocycles. The second kappa shape index (κ2) is 4.45. The van der Waals surface area contributed by atoms with Gasteiger partial charge in [-0.25, -0.2) is 9.78 Å². The minimum atomic E-state index is -1.05. The number of rotatable bonds is 4. The van der Waals surface area contributed by atoms with Crippen molar-refractivity contribution in [3.8, 4) is 0 Å². The van der Waals surface area contributed by atoms with Crippen LogP contribution in [-0.2, 0) is 5.75 Å². The van der Waals surface area contributed by atoms with Crippen molar-refractivity contribution in [2.45, 2.75) is 10.1 Å². The van der Waals surface area contributed by atoms with Gasteiger partial charge in [0.1, 0.15) is 12.1 Å². The summed E-state index contributed by atoms with van der Waals surface area (Å²) in [6, 6.07) is 3.09. The number of carbonyl (C=O) groups is 1. The average molecular weight is 242 g/mol. The summed E-state index contributed by atoms with van der Waals surface area (Å²) in [7, 11) is 0. The van der Waals surface area contributed by atoms with E-state index in [1.54, 1.807) is 6.07 Å². The zero-order chi connectivity index (χ0) is 10.7. The Morgan fingerprint density at radius 2 is 2.47 bits per heavy atom. The number of carboxylic acid groups (broad SMARTS) is 1. The van der Waals surface area contributed by atoms with Gasteiger partial charge in [-0.1, -0.05) is 11.8 Å². The van der Waals surface area contributed by atoms with Gasteiger partial charge in [0.25, 0.3) is 0 Å². The zero-order valence-electron chi connectivity index (χ0n) is 7.41. The molecule has 0 unspecified atom stereocenters. The number of hydrogen-bond acceptors (Lipinski definition) is 6. The van der Waals surface area contributed by atoms with Gasteiger partial charge in [-0.3, -0.25) is 0 Å². The zero-order valence-corrected chi connectivity index (χ0v) is 9.05. The second-order valence-corrected chi connectivity index (χ2v) is 4.57. The Kier molecular flexibility index (Phi) is 3.02. The van der Waals surface area contributed by atoms with E-state index in [1.165, 1.54) is 35.7 Å². The molecule has 0 saturated heterocycles. The maximum Gasteiger partial charge on any atom is 0.371 e. The topological polar surface area (TPSA) is 76.2 Å². The number of nitrogens with zero attached hydrogens (tertiary/aromatic N) is 2. The van der Waals surface area contributed by atoms with Crippen LogP contribution in [0.15, 0.2) is 27.2 Å². The Labute approximate surface area is 93.3 Å². The summed E-state index contributed by atoms with van der Waals surface area (Å²) in [5, 5.41) is 8.63. The molecule has 0 aromatic carbocycles. The molecule has 15 heavy (non-hydrogen) atoms. The maximum atomic E-state index is 10.5. The summed E-state index contributed by atoms with van der Waals surface area (Å²) in [5.74, 6) is 0.0836. The highest BCUT2D eigenvalue weighted by molar-refractivity contribution is 8.00. The highest BCUT2D eigenvalue weighted by Gasteiger charge is 2.09. The molecule has 0 aliphatic heterocycles. The van der Waals surface area contributed by atoms with Crippen LogP contribution in [0.25, 0.3) is 0 Å². The van der Waals surface area contributed by atoms with E-state index in [4.69, 9.17) is 9.52 Å². The molecule has 0 bridgehead atoms. The van der Waals surface area contributed by atoms with E-state index in [0.29, 0.717) is 11.5 Å². The van der Waals surface area contributed by atoms with Crippen molar-refractivity contribution in [2.75, 3.05) is 0 Å². The molecule has 0 fully saturated rings. The molecular formula is C8H6N2O3S2. The maximum absolute atomic E-state index is 10.5. The number of carboxylic acids is 1. The summed E-state index contributed by atoms with van der Waals surface area (Å²) in [5.41, 5.74) is 0. The largest absolute Gasteiger partial charge is 0.475 e. The van der Waals surface area contributed by atoms with E-state index in [-0.39, 0.29) is 5.76 Å². The van der Waals surface area contributed by atoms with Crippen LogP contribution >= 0.6 is 23.3 Å². The van der Waals surface area contributed by atoms with E-state index >= 15 is 0 Å². The monoisotopic (exact) mass is 242 g/mol. The number of aromatic nitrogens is 2. The Hall–Kier alpha value is -1.34. The lowest BCUT2D eigenvalue weighted by Crippen LogP contribution is -1.91. The molecule has 0 aliphatic carbocycles. The fourth-order valence-corrected chi connectivity index (χ4v) is 2.27. The van der Waals surface area contributed by atoms with E-state index in [0.717, 1.165) is 4.34 Å². The van der Waals surface area contributed by atoms with Gasteiger partial charge in [-0.05, 0) is 23.7 Å². The molecule has 2 heterocycles. The molecule has 2 rings (SSSR count). The Bertz CT molecular complexity index is 452. The van der Waals surface area contributed by atoms with Gasteiger partial charge in [0, 0.05) is 0 Å². The third kappa shape index (κ3) is 2.57. The van der Waals surface area contributed by atoms with Crippen molar-refractivity contribution < 1.29 is 14.3 Å². The predicted octanol–water partition coefficient (Wildman–Crippen LogP) is 2.12. The molecule has 0 spiro atoms. The lowest BCUT2D eigenvalue weighted by molar-refractivity contribution is 0.0661. The van der Waals surface area contributed by atoms with Crippen LogP contribution in [0, 0.1) is 0 Å². The molecule has 78 valence electrons. The van der Waals surface area contributed by atoms with Gasteiger partial charge >= 0.3 is 5.97 Å². The molecule has 1 N–H and O–H groups in total. The first-order valence-corrected chi connectivity index (χ1v) is 5.73. The van der Waals surface area contributed by atoms with Crippen molar-refractivity contribution in [1.29, 1.82) is 0 Å². The first kappa shape index (κ1) is 10.2. The van der Waals surface area contributed by atoms with Crippen LogP contribution in [0.4, 0.5) is 0 Å². The first-order chi connectivity index (χ1) is 7.25. The van der Waals surface area contributed by atoms with Crippen LogP contribution in [0.2, 0.25) is 0 Å². The fourth-order valence-electron chi connectivity index (χ4n) is 0.930. The summed E-state index contributed by atoms with van der Waals surface area (Å²) >= 11 is 2.76. The third-order valence-corrected chi connectivity index (χ3v) is 3.37. The molecular weight excluding hydrogens is 236 g/mol. The minimum absolute atomic E-state index is 0.0390. The summed E-state index contributed by atoms with van der Waals surface area (Å²) in [6.45, 7) is 0. The normalized spacial score (nSPS) is 10.4. The van der Waals surface area contributed by atoms with Gasteiger partial charge in [-0.15, -0.1) is 0 Å². The van der Waals surface area contributed by atoms with Crippen LogP contribution in [-0.4, -0.2) is 20.4 Å². The molecule has 0 saturated carbocycles. The van der Waals surface area contributed by atoms with Crippen LogP contribution < -0.4 is 0 Å². The van der Waals surface area contributed by atoms with E-state index < -0.39 is 5.97 Å². The highest BCUT2D eigenvalue weighted by atomic mass is 32.2. The molecule has 2 aromatic rings. The minimum Gasteiger partial charge on any atom is -0.475 e. The summed E-state index contributed by atoms with van der Waals surface area (Å²) in [6.07, 6.45) is 1.48. The van der Waals surface area contributed by atoms with Gasteiger partial charge in [0.05, 0.1) is 5.75 Å². The van der Waals surface area contributed by atoms with Gasteiger partial charge in [0.15, 0.2) is 4.34 Å². The highest BCUT2D eigenvalue weighted by Crippen LogP contribution is 2.24. The standard InChI is InChI=1S/C8H6N2O3S2/c11-7(12)6-2-1-5(13-6)3-14-8-9-4-10-15-8/h1-2,4H,3H2,(H,11,12). The fraction of sp³-hybridized carbons (Fsp3) is 0.125. The molecule has 7 heteroatoms. The lowest BCUT2D eigenvalue weighted by Gasteiger charge is -1.92. The number of furan rings is 1. The predicted molar refractivity (Wildman–Crippen MR) is 55.1 cm³/mol. The number of hydrogen-bond donors (Lipinski definition) is 1. The molecule has 0 atom stereocenters. The number of aromatic carboxylic acids is 1. The molecule has 0 aliphatic rings. The smallest absolute Gasteiger partial charge is 0.371 e. The van der Waals surface area contributed by atoms with Gasteiger partial charge in [-0.2, -0.15) is 4.37 Å². The van der Waals surface area contributed by atoms with Crippen molar-refractivity contribution in [1.82, 2.24) is 9.36 Å². The van der Waals surface area contributed by atoms with Crippen LogP contribution in [0.1, 0.15) is 16.3 Å².